The Labute approximate surface area is 100 Å². The van der Waals surface area contributed by atoms with Crippen LogP contribution in [0.25, 0.3) is 0 Å². The van der Waals surface area contributed by atoms with Crippen LogP contribution in [-0.2, 0) is 0 Å². The molecule has 0 nitrogen and oxygen atoms in total. The molecule has 2 heteroatoms. The highest BCUT2D eigenvalue weighted by molar-refractivity contribution is 7.81. The molecular formula is C13H30PSi. The Bertz CT molecular complexity index is 115. The third kappa shape index (κ3) is 6.74. The van der Waals surface area contributed by atoms with E-state index in [0.717, 1.165) is 0 Å². The first kappa shape index (κ1) is 15.6. The van der Waals surface area contributed by atoms with Crippen molar-refractivity contribution in [1.29, 1.82) is 0 Å². The molecule has 0 unspecified atom stereocenters. The van der Waals surface area contributed by atoms with E-state index in [0.29, 0.717) is 0 Å². The molecule has 0 fully saturated rings. The summed E-state index contributed by atoms with van der Waals surface area (Å²) in [5.74, 6) is 0. The van der Waals surface area contributed by atoms with Gasteiger partial charge in [0.15, 0.2) is 0 Å². The van der Waals surface area contributed by atoms with E-state index in [4.69, 9.17) is 0 Å². The molecule has 0 aromatic rings. The fraction of sp³-hybridized carbons (Fsp3) is 1.00. The lowest BCUT2D eigenvalue weighted by atomic mass is 10.4. The van der Waals surface area contributed by atoms with Gasteiger partial charge in [0.1, 0.15) is 0 Å². The fourth-order valence-corrected chi connectivity index (χ4v) is 10.1. The smallest absolute Gasteiger partial charge is 0.0854 e. The van der Waals surface area contributed by atoms with Gasteiger partial charge >= 0.3 is 0 Å². The van der Waals surface area contributed by atoms with Crippen molar-refractivity contribution in [3.8, 4) is 0 Å². The molecule has 0 atom stereocenters. The molecule has 1 radical (unpaired) electrons. The third-order valence-corrected chi connectivity index (χ3v) is 13.1. The van der Waals surface area contributed by atoms with Crippen LogP contribution < -0.4 is 0 Å². The van der Waals surface area contributed by atoms with Crippen LogP contribution in [0.2, 0.25) is 18.1 Å². The monoisotopic (exact) mass is 245 g/mol. The van der Waals surface area contributed by atoms with Crippen molar-refractivity contribution in [3.05, 3.63) is 0 Å². The summed E-state index contributed by atoms with van der Waals surface area (Å²) < 4.78 is 0. The molecule has 0 bridgehead atoms. The maximum absolute atomic E-state index is 2.44. The first-order valence-corrected chi connectivity index (χ1v) is 11.7. The minimum Gasteiger partial charge on any atom is -0.100 e. The maximum atomic E-state index is 2.44. The van der Waals surface area contributed by atoms with E-state index in [9.17, 15) is 0 Å². The first-order chi connectivity index (χ1) is 7.24. The third-order valence-electron chi connectivity index (χ3n) is 3.46. The van der Waals surface area contributed by atoms with Crippen molar-refractivity contribution in [2.45, 2.75) is 77.4 Å². The number of rotatable bonds is 10. The zero-order valence-corrected chi connectivity index (χ0v) is 13.2. The quantitative estimate of drug-likeness (QED) is 0.331. The highest BCUT2D eigenvalue weighted by atomic mass is 31.3. The molecular weight excluding hydrogens is 215 g/mol. The van der Waals surface area contributed by atoms with E-state index in [1.807, 2.05) is 0 Å². The molecule has 15 heavy (non-hydrogen) atoms. The summed E-state index contributed by atoms with van der Waals surface area (Å²) in [5.41, 5.74) is 0. The summed E-state index contributed by atoms with van der Waals surface area (Å²) in [4.78, 5) is 0. The molecule has 0 aliphatic heterocycles. The van der Waals surface area contributed by atoms with Crippen molar-refractivity contribution in [2.75, 3.05) is 6.66 Å². The van der Waals surface area contributed by atoms with E-state index in [-0.39, 0.29) is 0 Å². The lowest BCUT2D eigenvalue weighted by molar-refractivity contribution is 0.807. The van der Waals surface area contributed by atoms with Crippen molar-refractivity contribution in [1.82, 2.24) is 0 Å². The second-order valence-corrected chi connectivity index (χ2v) is 13.3. The maximum Gasteiger partial charge on any atom is 0.0854 e. The number of unbranched alkanes of at least 4 members (excludes halogenated alkanes) is 3. The largest absolute Gasteiger partial charge is 0.100 e. The van der Waals surface area contributed by atoms with Crippen LogP contribution in [0, 0.1) is 0 Å². The van der Waals surface area contributed by atoms with Crippen molar-refractivity contribution in [2.24, 2.45) is 0 Å². The number of hydrogen-bond donors (Lipinski definition) is 0. The van der Waals surface area contributed by atoms with Crippen LogP contribution in [0.1, 0.15) is 59.3 Å². The summed E-state index contributed by atoms with van der Waals surface area (Å²) in [7, 11) is 0.922. The summed E-state index contributed by atoms with van der Waals surface area (Å²) in [5, 5.41) is 0. The lowest BCUT2D eigenvalue weighted by Crippen LogP contribution is -2.28. The van der Waals surface area contributed by atoms with Crippen LogP contribution in [0.5, 0.6) is 0 Å². The van der Waals surface area contributed by atoms with Gasteiger partial charge in [-0.25, -0.2) is 0 Å². The van der Waals surface area contributed by atoms with Gasteiger partial charge in [-0.2, -0.15) is 0 Å². The van der Waals surface area contributed by atoms with E-state index in [2.05, 4.69) is 27.4 Å². The zero-order valence-electron chi connectivity index (χ0n) is 11.3. The Morgan fingerprint density at radius 3 is 1.27 bits per heavy atom. The topological polar surface area (TPSA) is 0 Å². The first-order valence-electron chi connectivity index (χ1n) is 6.85. The average Bonchev–Trinajstić information content (AvgIpc) is 2.29. The van der Waals surface area contributed by atoms with Crippen LogP contribution in [0.3, 0.4) is 0 Å². The molecule has 0 rings (SSSR count). The average molecular weight is 245 g/mol. The zero-order chi connectivity index (χ0) is 11.6. The van der Waals surface area contributed by atoms with Gasteiger partial charge in [-0.3, -0.25) is 0 Å². The minimum absolute atomic E-state index is 0.860. The van der Waals surface area contributed by atoms with Crippen LogP contribution in [0.4, 0.5) is 0 Å². The molecule has 0 aromatic carbocycles. The van der Waals surface area contributed by atoms with Crippen LogP contribution >= 0.6 is 8.13 Å². The fourth-order valence-electron chi connectivity index (χ4n) is 2.23. The van der Waals surface area contributed by atoms with E-state index < -0.39 is 7.74 Å². The Hall–Kier alpha value is 0.647. The van der Waals surface area contributed by atoms with E-state index in [1.165, 1.54) is 38.5 Å². The lowest BCUT2D eigenvalue weighted by Gasteiger charge is -2.30. The predicted molar refractivity (Wildman–Crippen MR) is 77.7 cm³/mol. The standard InChI is InChI=1S/C13H30PSi/c1-5-8-11-15(14-4,12-9-6-2)13-10-7-3/h5-13H2,1-4H3. The molecule has 91 valence electrons. The van der Waals surface area contributed by atoms with Crippen LogP contribution in [0.15, 0.2) is 0 Å². The van der Waals surface area contributed by atoms with Gasteiger partial charge in [0, 0.05) is 0 Å². The van der Waals surface area contributed by atoms with Crippen molar-refractivity contribution >= 4 is 15.9 Å². The molecule has 0 heterocycles. The summed E-state index contributed by atoms with van der Waals surface area (Å²) >= 11 is 0. The predicted octanol–water partition coefficient (Wildman–Crippen LogP) is 5.91. The summed E-state index contributed by atoms with van der Waals surface area (Å²) in [6.07, 6.45) is 8.63. The van der Waals surface area contributed by atoms with Gasteiger partial charge < -0.3 is 0 Å². The Morgan fingerprint density at radius 2 is 1.07 bits per heavy atom. The molecule has 0 spiro atoms. The summed E-state index contributed by atoms with van der Waals surface area (Å²) in [6.45, 7) is 9.45. The molecule has 0 aliphatic rings. The van der Waals surface area contributed by atoms with E-state index >= 15 is 0 Å². The SMILES string of the molecule is CCCC[Si](CCCC)(CCCC)[P]C. The second kappa shape index (κ2) is 9.84. The second-order valence-electron chi connectivity index (χ2n) is 4.76. The van der Waals surface area contributed by atoms with Crippen molar-refractivity contribution in [3.63, 3.8) is 0 Å². The van der Waals surface area contributed by atoms with Crippen molar-refractivity contribution < 1.29 is 0 Å². The van der Waals surface area contributed by atoms with Gasteiger partial charge in [0.25, 0.3) is 0 Å². The Kier molecular flexibility index (Phi) is 10.3. The summed E-state index contributed by atoms with van der Waals surface area (Å²) in [6, 6.07) is 4.80. The molecule has 0 N–H and O–H groups in total. The highest BCUT2D eigenvalue weighted by Crippen LogP contribution is 2.40. The van der Waals surface area contributed by atoms with Gasteiger partial charge in [-0.05, 0) is 6.66 Å². The normalized spacial score (nSPS) is 12.8. The molecule has 0 saturated heterocycles. The molecule has 0 aromatic heterocycles. The molecule has 0 saturated carbocycles. The molecule has 0 aliphatic carbocycles. The van der Waals surface area contributed by atoms with Gasteiger partial charge in [-0.1, -0.05) is 77.4 Å². The van der Waals surface area contributed by atoms with E-state index in [1.54, 1.807) is 26.3 Å². The highest BCUT2D eigenvalue weighted by Gasteiger charge is 2.29. The Balaban J connectivity index is 4.16. The van der Waals surface area contributed by atoms with Gasteiger partial charge in [-0.15, -0.1) is 8.13 Å². The Morgan fingerprint density at radius 1 is 0.733 bits per heavy atom. The van der Waals surface area contributed by atoms with Gasteiger partial charge in [0.2, 0.25) is 0 Å². The molecule has 0 amide bonds. The minimum atomic E-state index is -0.860. The van der Waals surface area contributed by atoms with Gasteiger partial charge in [0.05, 0.1) is 7.74 Å². The van der Waals surface area contributed by atoms with Crippen LogP contribution in [-0.4, -0.2) is 14.4 Å². The number of hydrogen-bond acceptors (Lipinski definition) is 0.